The molecule has 0 bridgehead atoms. The number of nitrogens with one attached hydrogen (secondary N) is 1. The summed E-state index contributed by atoms with van der Waals surface area (Å²) < 4.78 is 0.935. The number of carbonyl (C=O) groups is 1. The Labute approximate surface area is 109 Å². The zero-order valence-corrected chi connectivity index (χ0v) is 11.1. The predicted molar refractivity (Wildman–Crippen MR) is 69.5 cm³/mol. The average molecular weight is 298 g/mol. The summed E-state index contributed by atoms with van der Waals surface area (Å²) in [6, 6.07) is 7.39. The maximum absolute atomic E-state index is 11.8. The van der Waals surface area contributed by atoms with Crippen LogP contribution in [0.4, 0.5) is 0 Å². The van der Waals surface area contributed by atoms with E-state index < -0.39 is 6.10 Å². The first-order valence-electron chi connectivity index (χ1n) is 5.91. The molecule has 1 aliphatic carbocycles. The molecule has 3 nitrogen and oxygen atoms in total. The van der Waals surface area contributed by atoms with Gasteiger partial charge in [-0.05, 0) is 30.5 Å². The highest BCUT2D eigenvalue weighted by molar-refractivity contribution is 9.10. The van der Waals surface area contributed by atoms with Gasteiger partial charge in [0.15, 0.2) is 6.10 Å². The van der Waals surface area contributed by atoms with E-state index in [4.69, 9.17) is 0 Å². The molecule has 1 unspecified atom stereocenters. The molecule has 17 heavy (non-hydrogen) atoms. The molecule has 92 valence electrons. The molecule has 0 heterocycles. The van der Waals surface area contributed by atoms with Crippen LogP contribution in [0.3, 0.4) is 0 Å². The number of hydrogen-bond acceptors (Lipinski definition) is 2. The Hall–Kier alpha value is -0.870. The van der Waals surface area contributed by atoms with Crippen LogP contribution in [0.1, 0.15) is 37.4 Å². The van der Waals surface area contributed by atoms with Gasteiger partial charge in [0.25, 0.3) is 5.91 Å². The molecule has 0 radical (unpaired) electrons. The molecule has 1 saturated carbocycles. The van der Waals surface area contributed by atoms with Gasteiger partial charge in [0, 0.05) is 10.5 Å². The molecule has 1 aliphatic rings. The van der Waals surface area contributed by atoms with Gasteiger partial charge in [-0.2, -0.15) is 0 Å². The number of aliphatic hydroxyl groups excluding tert-OH is 1. The molecular weight excluding hydrogens is 282 g/mol. The third-order valence-electron chi connectivity index (χ3n) is 3.14. The van der Waals surface area contributed by atoms with Crippen molar-refractivity contribution in [3.05, 3.63) is 34.3 Å². The summed E-state index contributed by atoms with van der Waals surface area (Å²) in [4.78, 5) is 11.8. The molecule has 1 aromatic carbocycles. The fourth-order valence-electron chi connectivity index (χ4n) is 2.15. The van der Waals surface area contributed by atoms with Crippen LogP contribution in [-0.4, -0.2) is 17.1 Å². The lowest BCUT2D eigenvalue weighted by atomic mass is 10.1. The van der Waals surface area contributed by atoms with Crippen molar-refractivity contribution in [1.82, 2.24) is 5.32 Å². The van der Waals surface area contributed by atoms with E-state index in [-0.39, 0.29) is 11.9 Å². The van der Waals surface area contributed by atoms with Gasteiger partial charge in [0.05, 0.1) is 0 Å². The molecule has 0 spiro atoms. The number of carbonyl (C=O) groups excluding carboxylic acids is 1. The first-order valence-corrected chi connectivity index (χ1v) is 6.70. The van der Waals surface area contributed by atoms with Crippen LogP contribution in [-0.2, 0) is 4.79 Å². The van der Waals surface area contributed by atoms with Gasteiger partial charge >= 0.3 is 0 Å². The quantitative estimate of drug-likeness (QED) is 0.901. The van der Waals surface area contributed by atoms with Crippen molar-refractivity contribution < 1.29 is 9.90 Å². The van der Waals surface area contributed by atoms with Crippen LogP contribution in [0.25, 0.3) is 0 Å². The molecule has 0 aromatic heterocycles. The Morgan fingerprint density at radius 3 is 2.47 bits per heavy atom. The van der Waals surface area contributed by atoms with Crippen LogP contribution in [0.5, 0.6) is 0 Å². The summed E-state index contributed by atoms with van der Waals surface area (Å²) in [5, 5.41) is 12.8. The molecule has 1 amide bonds. The Morgan fingerprint density at radius 2 is 1.88 bits per heavy atom. The van der Waals surface area contributed by atoms with Crippen LogP contribution < -0.4 is 5.32 Å². The summed E-state index contributed by atoms with van der Waals surface area (Å²) in [6.45, 7) is 0. The van der Waals surface area contributed by atoms with E-state index >= 15 is 0 Å². The zero-order chi connectivity index (χ0) is 12.3. The van der Waals surface area contributed by atoms with Crippen molar-refractivity contribution >= 4 is 21.8 Å². The number of hydrogen-bond donors (Lipinski definition) is 2. The van der Waals surface area contributed by atoms with Gasteiger partial charge in [-0.3, -0.25) is 4.79 Å². The lowest BCUT2D eigenvalue weighted by Gasteiger charge is -2.16. The van der Waals surface area contributed by atoms with Gasteiger partial charge in [-0.15, -0.1) is 0 Å². The molecule has 2 N–H and O–H groups in total. The summed E-state index contributed by atoms with van der Waals surface area (Å²) in [5.74, 6) is -0.292. The topological polar surface area (TPSA) is 49.3 Å². The molecule has 1 fully saturated rings. The average Bonchev–Trinajstić information content (AvgIpc) is 2.82. The van der Waals surface area contributed by atoms with E-state index in [9.17, 15) is 9.90 Å². The normalized spacial score (nSPS) is 18.0. The lowest BCUT2D eigenvalue weighted by molar-refractivity contribution is -0.130. The molecule has 0 saturated heterocycles. The first kappa shape index (κ1) is 12.6. The van der Waals surface area contributed by atoms with Gasteiger partial charge in [0.1, 0.15) is 0 Å². The number of amides is 1. The minimum atomic E-state index is -1.07. The minimum Gasteiger partial charge on any atom is -0.378 e. The summed E-state index contributed by atoms with van der Waals surface area (Å²) in [5.41, 5.74) is 0.628. The number of benzene rings is 1. The fraction of sp³-hybridized carbons (Fsp3) is 0.462. The molecule has 2 rings (SSSR count). The van der Waals surface area contributed by atoms with Crippen molar-refractivity contribution in [3.63, 3.8) is 0 Å². The van der Waals surface area contributed by atoms with Crippen molar-refractivity contribution in [3.8, 4) is 0 Å². The van der Waals surface area contributed by atoms with Crippen molar-refractivity contribution in [1.29, 1.82) is 0 Å². The highest BCUT2D eigenvalue weighted by Gasteiger charge is 2.22. The Balaban J connectivity index is 1.96. The number of halogens is 1. The van der Waals surface area contributed by atoms with Gasteiger partial charge in [0.2, 0.25) is 0 Å². The smallest absolute Gasteiger partial charge is 0.253 e. The second-order valence-corrected chi connectivity index (χ2v) is 5.36. The van der Waals surface area contributed by atoms with Gasteiger partial charge in [-0.1, -0.05) is 40.9 Å². The van der Waals surface area contributed by atoms with E-state index in [1.165, 1.54) is 12.8 Å². The highest BCUT2D eigenvalue weighted by Crippen LogP contribution is 2.20. The lowest BCUT2D eigenvalue weighted by Crippen LogP contribution is -2.36. The fourth-order valence-corrected chi connectivity index (χ4v) is 2.41. The van der Waals surface area contributed by atoms with Crippen LogP contribution in [0, 0.1) is 0 Å². The van der Waals surface area contributed by atoms with Crippen molar-refractivity contribution in [2.45, 2.75) is 37.8 Å². The second-order valence-electron chi connectivity index (χ2n) is 4.44. The number of aliphatic hydroxyl groups is 1. The van der Waals surface area contributed by atoms with Crippen LogP contribution >= 0.6 is 15.9 Å². The molecule has 0 aliphatic heterocycles. The van der Waals surface area contributed by atoms with E-state index in [1.807, 2.05) is 12.1 Å². The SMILES string of the molecule is O=C(NC1CCCC1)C(O)c1ccc(Br)cc1. The summed E-state index contributed by atoms with van der Waals surface area (Å²) in [7, 11) is 0. The molecule has 1 atom stereocenters. The summed E-state index contributed by atoms with van der Waals surface area (Å²) >= 11 is 3.32. The third-order valence-corrected chi connectivity index (χ3v) is 3.66. The maximum atomic E-state index is 11.8. The first-order chi connectivity index (χ1) is 8.16. The van der Waals surface area contributed by atoms with Gasteiger partial charge in [-0.25, -0.2) is 0 Å². The third kappa shape index (κ3) is 3.30. The zero-order valence-electron chi connectivity index (χ0n) is 9.53. The summed E-state index contributed by atoms with van der Waals surface area (Å²) in [6.07, 6.45) is 3.32. The van der Waals surface area contributed by atoms with Crippen molar-refractivity contribution in [2.24, 2.45) is 0 Å². The van der Waals surface area contributed by atoms with E-state index in [0.717, 1.165) is 17.3 Å². The van der Waals surface area contributed by atoms with Crippen LogP contribution in [0.15, 0.2) is 28.7 Å². The monoisotopic (exact) mass is 297 g/mol. The number of rotatable bonds is 3. The highest BCUT2D eigenvalue weighted by atomic mass is 79.9. The van der Waals surface area contributed by atoms with Crippen LogP contribution in [0.2, 0.25) is 0 Å². The minimum absolute atomic E-state index is 0.243. The Kier molecular flexibility index (Phi) is 4.18. The maximum Gasteiger partial charge on any atom is 0.253 e. The van der Waals surface area contributed by atoms with E-state index in [2.05, 4.69) is 21.2 Å². The molecule has 4 heteroatoms. The molecular formula is C13H16BrNO2. The second kappa shape index (κ2) is 5.65. The Bertz CT molecular complexity index is 385. The largest absolute Gasteiger partial charge is 0.378 e. The van der Waals surface area contributed by atoms with Gasteiger partial charge < -0.3 is 10.4 Å². The van der Waals surface area contributed by atoms with Crippen molar-refractivity contribution in [2.75, 3.05) is 0 Å². The standard InChI is InChI=1S/C13H16BrNO2/c14-10-7-5-9(6-8-10)12(16)13(17)15-11-3-1-2-4-11/h5-8,11-12,16H,1-4H2,(H,15,17). The van der Waals surface area contributed by atoms with E-state index in [1.54, 1.807) is 12.1 Å². The molecule has 1 aromatic rings. The predicted octanol–water partition coefficient (Wildman–Crippen LogP) is 2.54. The van der Waals surface area contributed by atoms with E-state index in [0.29, 0.717) is 5.56 Å². The Morgan fingerprint density at radius 1 is 1.29 bits per heavy atom.